The van der Waals surface area contributed by atoms with Crippen molar-refractivity contribution in [2.45, 2.75) is 13.8 Å². The first-order valence-electron chi connectivity index (χ1n) is 11.2. The number of anilines is 2. The monoisotopic (exact) mass is 626 g/mol. The fraction of sp³-hybridized carbons (Fsp3) is 0.148. The first-order chi connectivity index (χ1) is 18.1. The Labute approximate surface area is 232 Å². The lowest BCUT2D eigenvalue weighted by Gasteiger charge is -2.15. The van der Waals surface area contributed by atoms with Crippen LogP contribution in [0.25, 0.3) is 6.08 Å². The fourth-order valence-electron chi connectivity index (χ4n) is 3.38. The van der Waals surface area contributed by atoms with Crippen molar-refractivity contribution < 1.29 is 24.0 Å². The molecule has 0 aliphatic heterocycles. The van der Waals surface area contributed by atoms with Crippen molar-refractivity contribution in [1.29, 1.82) is 5.26 Å². The van der Waals surface area contributed by atoms with Gasteiger partial charge in [0.1, 0.15) is 11.6 Å². The molecule has 2 amide bonds. The normalized spacial score (nSPS) is 10.8. The maximum atomic E-state index is 12.6. The molecule has 0 heterocycles. The SMILES string of the molecule is COc1cc(/C=C(/C#N)C(=O)Nc2cccc([N+](=O)[O-])c2)cc(I)c1OCC(=O)Nc1cccc(C)c1C. The molecule has 0 atom stereocenters. The number of rotatable bonds is 9. The molecule has 11 heteroatoms. The second-order valence-electron chi connectivity index (χ2n) is 8.05. The zero-order valence-corrected chi connectivity index (χ0v) is 22.9. The third kappa shape index (κ3) is 7.07. The highest BCUT2D eigenvalue weighted by Gasteiger charge is 2.16. The smallest absolute Gasteiger partial charge is 0.271 e. The summed E-state index contributed by atoms with van der Waals surface area (Å²) < 4.78 is 11.7. The van der Waals surface area contributed by atoms with Crippen LogP contribution in [-0.2, 0) is 9.59 Å². The van der Waals surface area contributed by atoms with E-state index in [-0.39, 0.29) is 29.5 Å². The van der Waals surface area contributed by atoms with Crippen molar-refractivity contribution >= 4 is 57.5 Å². The summed E-state index contributed by atoms with van der Waals surface area (Å²) in [6.07, 6.45) is 1.36. The number of benzene rings is 3. The van der Waals surface area contributed by atoms with Crippen molar-refractivity contribution in [3.05, 3.63) is 90.5 Å². The van der Waals surface area contributed by atoms with Gasteiger partial charge in [0.2, 0.25) is 0 Å². The lowest BCUT2D eigenvalue weighted by Crippen LogP contribution is -2.21. The maximum Gasteiger partial charge on any atom is 0.271 e. The number of aryl methyl sites for hydroxylation is 1. The van der Waals surface area contributed by atoms with E-state index >= 15 is 0 Å². The van der Waals surface area contributed by atoms with Gasteiger partial charge in [0, 0.05) is 23.5 Å². The van der Waals surface area contributed by atoms with Crippen LogP contribution in [0.15, 0.2) is 60.2 Å². The standard InChI is InChI=1S/C27H23IN4O6/c1-16-6-4-9-23(17(16)2)31-25(33)15-38-26-22(28)11-18(12-24(26)37-3)10-19(14-29)27(34)30-20-7-5-8-21(13-20)32(35)36/h4-13H,15H2,1-3H3,(H,30,34)(H,31,33)/b19-10-. The molecular weight excluding hydrogens is 603 g/mol. The molecule has 2 N–H and O–H groups in total. The number of hydrogen-bond acceptors (Lipinski definition) is 7. The number of nitro benzene ring substituents is 1. The van der Waals surface area contributed by atoms with Crippen LogP contribution in [-0.4, -0.2) is 30.5 Å². The summed E-state index contributed by atoms with van der Waals surface area (Å²) in [6, 6.07) is 16.1. The van der Waals surface area contributed by atoms with E-state index in [1.165, 1.54) is 37.5 Å². The van der Waals surface area contributed by atoms with E-state index in [1.54, 1.807) is 12.1 Å². The van der Waals surface area contributed by atoms with Crippen LogP contribution in [0.2, 0.25) is 0 Å². The molecule has 3 aromatic rings. The van der Waals surface area contributed by atoms with Gasteiger partial charge in [0.25, 0.3) is 17.5 Å². The van der Waals surface area contributed by atoms with Crippen LogP contribution in [0.5, 0.6) is 11.5 Å². The van der Waals surface area contributed by atoms with Crippen molar-refractivity contribution in [3.63, 3.8) is 0 Å². The zero-order chi connectivity index (χ0) is 27.8. The number of nitriles is 1. The molecule has 0 aliphatic carbocycles. The highest BCUT2D eigenvalue weighted by Crippen LogP contribution is 2.35. The molecule has 3 rings (SSSR count). The van der Waals surface area contributed by atoms with Gasteiger partial charge in [-0.15, -0.1) is 0 Å². The van der Waals surface area contributed by atoms with Crippen molar-refractivity contribution in [3.8, 4) is 17.6 Å². The molecule has 0 aliphatic rings. The predicted molar refractivity (Wildman–Crippen MR) is 151 cm³/mol. The number of halogens is 1. The van der Waals surface area contributed by atoms with E-state index in [1.807, 2.05) is 60.7 Å². The number of non-ortho nitro benzene ring substituents is 1. The van der Waals surface area contributed by atoms with Crippen LogP contribution in [0.4, 0.5) is 17.1 Å². The number of nitrogens with one attached hydrogen (secondary N) is 2. The second kappa shape index (κ2) is 12.7. The largest absolute Gasteiger partial charge is 0.493 e. The molecule has 3 aromatic carbocycles. The number of methoxy groups -OCH3 is 1. The Balaban J connectivity index is 1.75. The molecule has 0 saturated carbocycles. The Hall–Kier alpha value is -4.44. The number of nitro groups is 1. The summed E-state index contributed by atoms with van der Waals surface area (Å²) in [6.45, 7) is 3.62. The maximum absolute atomic E-state index is 12.6. The first kappa shape index (κ1) is 28.1. The minimum atomic E-state index is -0.731. The van der Waals surface area contributed by atoms with Crippen LogP contribution < -0.4 is 20.1 Å². The summed E-state index contributed by atoms with van der Waals surface area (Å²) in [7, 11) is 1.43. The van der Waals surface area contributed by atoms with E-state index in [4.69, 9.17) is 9.47 Å². The molecule has 0 fully saturated rings. The average molecular weight is 626 g/mol. The number of nitrogens with zero attached hydrogens (tertiary/aromatic N) is 2. The number of carbonyl (C=O) groups excluding carboxylic acids is 2. The van der Waals surface area contributed by atoms with Crippen molar-refractivity contribution in [1.82, 2.24) is 0 Å². The van der Waals surface area contributed by atoms with Crippen LogP contribution in [0.3, 0.4) is 0 Å². The van der Waals surface area contributed by atoms with E-state index < -0.39 is 10.8 Å². The third-order valence-electron chi connectivity index (χ3n) is 5.47. The summed E-state index contributed by atoms with van der Waals surface area (Å²) in [5.41, 5.74) is 2.96. The Morgan fingerprint density at radius 2 is 1.87 bits per heavy atom. The average Bonchev–Trinajstić information content (AvgIpc) is 2.89. The number of amides is 2. The molecule has 38 heavy (non-hydrogen) atoms. The Morgan fingerprint density at radius 3 is 2.55 bits per heavy atom. The van der Waals surface area contributed by atoms with Crippen LogP contribution >= 0.6 is 22.6 Å². The molecule has 0 radical (unpaired) electrons. The molecule has 0 spiro atoms. The van der Waals surface area contributed by atoms with E-state index in [0.29, 0.717) is 26.3 Å². The number of ether oxygens (including phenoxy) is 2. The summed E-state index contributed by atoms with van der Waals surface area (Å²) in [5, 5.41) is 25.8. The second-order valence-corrected chi connectivity index (χ2v) is 9.21. The molecule has 0 unspecified atom stereocenters. The van der Waals surface area contributed by atoms with Crippen molar-refractivity contribution in [2.24, 2.45) is 0 Å². The predicted octanol–water partition coefficient (Wildman–Crippen LogP) is 5.39. The fourth-order valence-corrected chi connectivity index (χ4v) is 4.17. The van der Waals surface area contributed by atoms with Gasteiger partial charge in [-0.25, -0.2) is 0 Å². The quantitative estimate of drug-likeness (QED) is 0.107. The van der Waals surface area contributed by atoms with E-state index in [9.17, 15) is 25.0 Å². The highest BCUT2D eigenvalue weighted by molar-refractivity contribution is 14.1. The molecule has 10 nitrogen and oxygen atoms in total. The summed E-state index contributed by atoms with van der Waals surface area (Å²) in [4.78, 5) is 35.5. The molecular formula is C27H23IN4O6. The number of carbonyl (C=O) groups is 2. The molecule has 0 bridgehead atoms. The first-order valence-corrected chi connectivity index (χ1v) is 12.2. The van der Waals surface area contributed by atoms with Gasteiger partial charge in [-0.3, -0.25) is 19.7 Å². The number of hydrogen-bond donors (Lipinski definition) is 2. The van der Waals surface area contributed by atoms with Gasteiger partial charge in [-0.1, -0.05) is 18.2 Å². The minimum Gasteiger partial charge on any atom is -0.493 e. The Kier molecular flexibility index (Phi) is 9.39. The van der Waals surface area contributed by atoms with Gasteiger partial charge in [-0.05, 0) is 83.5 Å². The van der Waals surface area contributed by atoms with Gasteiger partial charge >= 0.3 is 0 Å². The molecule has 0 saturated heterocycles. The van der Waals surface area contributed by atoms with Crippen molar-refractivity contribution in [2.75, 3.05) is 24.4 Å². The Bertz CT molecular complexity index is 1480. The summed E-state index contributed by atoms with van der Waals surface area (Å²) >= 11 is 2.01. The van der Waals surface area contributed by atoms with Gasteiger partial charge in [0.15, 0.2) is 18.1 Å². The minimum absolute atomic E-state index is 0.181. The molecule has 194 valence electrons. The lowest BCUT2D eigenvalue weighted by atomic mass is 10.1. The van der Waals surface area contributed by atoms with Gasteiger partial charge in [0.05, 0.1) is 15.6 Å². The lowest BCUT2D eigenvalue weighted by molar-refractivity contribution is -0.384. The van der Waals surface area contributed by atoms with Gasteiger partial charge < -0.3 is 20.1 Å². The third-order valence-corrected chi connectivity index (χ3v) is 6.27. The summed E-state index contributed by atoms with van der Waals surface area (Å²) in [5.74, 6) is -0.435. The van der Waals surface area contributed by atoms with Crippen LogP contribution in [0.1, 0.15) is 16.7 Å². The van der Waals surface area contributed by atoms with Gasteiger partial charge in [-0.2, -0.15) is 5.26 Å². The zero-order valence-electron chi connectivity index (χ0n) is 20.7. The molecule has 0 aromatic heterocycles. The van der Waals surface area contributed by atoms with E-state index in [2.05, 4.69) is 10.6 Å². The van der Waals surface area contributed by atoms with Crippen LogP contribution in [0, 0.1) is 38.9 Å². The highest BCUT2D eigenvalue weighted by atomic mass is 127. The van der Waals surface area contributed by atoms with E-state index in [0.717, 1.165) is 11.1 Å². The Morgan fingerprint density at radius 1 is 1.13 bits per heavy atom. The topological polar surface area (TPSA) is 144 Å².